The van der Waals surface area contributed by atoms with Crippen molar-refractivity contribution in [3.05, 3.63) is 29.8 Å². The average molecular weight is 260 g/mol. The second-order valence-electron chi connectivity index (χ2n) is 3.45. The van der Waals surface area contributed by atoms with Crippen molar-refractivity contribution in [1.29, 1.82) is 0 Å². The molecule has 0 saturated carbocycles. The van der Waals surface area contributed by atoms with Crippen LogP contribution in [0.5, 0.6) is 5.75 Å². The highest BCUT2D eigenvalue weighted by molar-refractivity contribution is 7.85. The summed E-state index contributed by atoms with van der Waals surface area (Å²) in [6.45, 7) is 0.970. The molecule has 17 heavy (non-hydrogen) atoms. The predicted octanol–water partition coefficient (Wildman–Crippen LogP) is 1.19. The zero-order chi connectivity index (χ0) is 12.7. The van der Waals surface area contributed by atoms with Gasteiger partial charge in [-0.15, -0.1) is 0 Å². The van der Waals surface area contributed by atoms with Gasteiger partial charge in [0.05, 0.1) is 19.5 Å². The van der Waals surface area contributed by atoms with Crippen LogP contribution in [0.1, 0.15) is 5.56 Å². The van der Waals surface area contributed by atoms with Gasteiger partial charge in [0, 0.05) is 7.11 Å². The van der Waals surface area contributed by atoms with E-state index in [4.69, 9.17) is 9.47 Å². The summed E-state index contributed by atoms with van der Waals surface area (Å²) in [5.74, 6) is 0.664. The van der Waals surface area contributed by atoms with Crippen molar-refractivity contribution < 1.29 is 22.1 Å². The summed E-state index contributed by atoms with van der Waals surface area (Å²) in [7, 11) is -1.82. The summed E-state index contributed by atoms with van der Waals surface area (Å²) in [5, 5.41) is 0. The molecule has 0 bridgehead atoms. The molecule has 0 amide bonds. The molecule has 96 valence electrons. The van der Waals surface area contributed by atoms with E-state index in [0.29, 0.717) is 19.0 Å². The van der Waals surface area contributed by atoms with Gasteiger partial charge in [-0.2, -0.15) is 8.42 Å². The lowest BCUT2D eigenvalue weighted by Crippen LogP contribution is -2.05. The molecule has 0 saturated heterocycles. The molecule has 0 aliphatic rings. The zero-order valence-corrected chi connectivity index (χ0v) is 10.7. The van der Waals surface area contributed by atoms with Gasteiger partial charge in [0.25, 0.3) is 10.1 Å². The van der Waals surface area contributed by atoms with Crippen LogP contribution in [0.4, 0.5) is 0 Å². The van der Waals surface area contributed by atoms with Gasteiger partial charge in [0.1, 0.15) is 12.4 Å². The van der Waals surface area contributed by atoms with Crippen LogP contribution >= 0.6 is 0 Å². The lowest BCUT2D eigenvalue weighted by Gasteiger charge is -2.07. The van der Waals surface area contributed by atoms with E-state index in [1.807, 2.05) is 0 Å². The molecule has 0 N–H and O–H groups in total. The highest BCUT2D eigenvalue weighted by atomic mass is 32.2. The Balaban J connectivity index is 2.53. The van der Waals surface area contributed by atoms with Crippen LogP contribution in [0.15, 0.2) is 24.3 Å². The fourth-order valence-electron chi connectivity index (χ4n) is 1.14. The molecule has 0 heterocycles. The molecule has 1 aromatic carbocycles. The summed E-state index contributed by atoms with van der Waals surface area (Å²) >= 11 is 0. The van der Waals surface area contributed by atoms with Gasteiger partial charge in [0.15, 0.2) is 0 Å². The maximum Gasteiger partial charge on any atom is 0.264 e. The fraction of sp³-hybridized carbons (Fsp3) is 0.455. The normalized spacial score (nSPS) is 11.4. The molecule has 0 aliphatic heterocycles. The van der Waals surface area contributed by atoms with Crippen molar-refractivity contribution in [3.63, 3.8) is 0 Å². The summed E-state index contributed by atoms with van der Waals surface area (Å²) < 4.78 is 36.6. The first kappa shape index (κ1) is 14.0. The van der Waals surface area contributed by atoms with Gasteiger partial charge in [-0.3, -0.25) is 4.18 Å². The average Bonchev–Trinajstić information content (AvgIpc) is 2.27. The Labute approximate surface area is 101 Å². The van der Waals surface area contributed by atoms with Crippen molar-refractivity contribution in [3.8, 4) is 5.75 Å². The summed E-state index contributed by atoms with van der Waals surface area (Å²) in [6, 6.07) is 7.08. The van der Waals surface area contributed by atoms with E-state index in [-0.39, 0.29) is 6.61 Å². The van der Waals surface area contributed by atoms with Crippen LogP contribution < -0.4 is 4.74 Å². The number of rotatable bonds is 7. The molecule has 1 aromatic rings. The molecule has 0 aliphatic carbocycles. The fourth-order valence-corrected chi connectivity index (χ4v) is 1.49. The molecule has 0 atom stereocenters. The minimum atomic E-state index is -3.42. The third-order valence-corrected chi connectivity index (χ3v) is 2.44. The Morgan fingerprint density at radius 1 is 1.24 bits per heavy atom. The van der Waals surface area contributed by atoms with Crippen LogP contribution in [-0.2, 0) is 25.6 Å². The lowest BCUT2D eigenvalue weighted by atomic mass is 10.2. The number of methoxy groups -OCH3 is 1. The lowest BCUT2D eigenvalue weighted by molar-refractivity contribution is 0.146. The molecule has 0 fully saturated rings. The molecular formula is C11H16O5S. The maximum absolute atomic E-state index is 10.8. The van der Waals surface area contributed by atoms with Crippen molar-refractivity contribution in [2.45, 2.75) is 6.61 Å². The Kier molecular flexibility index (Phi) is 5.40. The Morgan fingerprint density at radius 3 is 2.65 bits per heavy atom. The van der Waals surface area contributed by atoms with Crippen LogP contribution in [0.3, 0.4) is 0 Å². The minimum absolute atomic E-state index is 0.0142. The van der Waals surface area contributed by atoms with Crippen LogP contribution in [0, 0.1) is 0 Å². The first-order valence-corrected chi connectivity index (χ1v) is 6.88. The van der Waals surface area contributed by atoms with Crippen LogP contribution in [0.25, 0.3) is 0 Å². The van der Waals surface area contributed by atoms with E-state index >= 15 is 0 Å². The van der Waals surface area contributed by atoms with E-state index in [9.17, 15) is 8.42 Å². The van der Waals surface area contributed by atoms with Crippen molar-refractivity contribution in [2.75, 3.05) is 26.6 Å². The Morgan fingerprint density at radius 2 is 2.00 bits per heavy atom. The topological polar surface area (TPSA) is 61.8 Å². The largest absolute Gasteiger partial charge is 0.491 e. The molecule has 0 unspecified atom stereocenters. The number of ether oxygens (including phenoxy) is 2. The highest BCUT2D eigenvalue weighted by Crippen LogP contribution is 2.14. The van der Waals surface area contributed by atoms with E-state index in [2.05, 4.69) is 4.18 Å². The second-order valence-corrected chi connectivity index (χ2v) is 5.10. The summed E-state index contributed by atoms with van der Waals surface area (Å²) in [5.41, 5.74) is 0.741. The van der Waals surface area contributed by atoms with Crippen molar-refractivity contribution in [2.24, 2.45) is 0 Å². The molecular weight excluding hydrogens is 244 g/mol. The third kappa shape index (κ3) is 6.25. The molecule has 1 rings (SSSR count). The Hall–Kier alpha value is -1.11. The van der Waals surface area contributed by atoms with Crippen molar-refractivity contribution >= 4 is 10.1 Å². The first-order valence-electron chi connectivity index (χ1n) is 5.06. The van der Waals surface area contributed by atoms with Crippen LogP contribution in [-0.4, -0.2) is 35.0 Å². The van der Waals surface area contributed by atoms with E-state index in [0.717, 1.165) is 11.8 Å². The molecule has 0 radical (unpaired) electrons. The van der Waals surface area contributed by atoms with E-state index in [1.165, 1.54) is 0 Å². The smallest absolute Gasteiger partial charge is 0.264 e. The van der Waals surface area contributed by atoms with Gasteiger partial charge in [0.2, 0.25) is 0 Å². The van der Waals surface area contributed by atoms with E-state index in [1.54, 1.807) is 31.4 Å². The van der Waals surface area contributed by atoms with Gasteiger partial charge >= 0.3 is 0 Å². The number of benzene rings is 1. The summed E-state index contributed by atoms with van der Waals surface area (Å²) in [6.07, 6.45) is 1.02. The number of hydrogen-bond donors (Lipinski definition) is 0. The Bertz CT molecular complexity index is 441. The van der Waals surface area contributed by atoms with Gasteiger partial charge < -0.3 is 9.47 Å². The minimum Gasteiger partial charge on any atom is -0.491 e. The predicted molar refractivity (Wildman–Crippen MR) is 63.4 cm³/mol. The maximum atomic E-state index is 10.8. The van der Waals surface area contributed by atoms with Gasteiger partial charge in [-0.25, -0.2) is 0 Å². The monoisotopic (exact) mass is 260 g/mol. The number of hydrogen-bond acceptors (Lipinski definition) is 5. The molecule has 5 nitrogen and oxygen atoms in total. The first-order chi connectivity index (χ1) is 8.01. The quantitative estimate of drug-likeness (QED) is 0.544. The van der Waals surface area contributed by atoms with Gasteiger partial charge in [-0.05, 0) is 17.7 Å². The van der Waals surface area contributed by atoms with E-state index < -0.39 is 10.1 Å². The van der Waals surface area contributed by atoms with Gasteiger partial charge in [-0.1, -0.05) is 12.1 Å². The summed E-state index contributed by atoms with van der Waals surface area (Å²) in [4.78, 5) is 0. The molecule has 6 heteroatoms. The third-order valence-electron chi connectivity index (χ3n) is 1.89. The molecule has 0 spiro atoms. The standard InChI is InChI=1S/C11H16O5S/c1-14-6-7-15-11-5-3-4-10(8-11)9-16-17(2,12)13/h3-5,8H,6-7,9H2,1-2H3. The zero-order valence-electron chi connectivity index (χ0n) is 9.88. The second kappa shape index (κ2) is 6.58. The SMILES string of the molecule is COCCOc1cccc(COS(C)(=O)=O)c1. The molecule has 0 aromatic heterocycles. The van der Waals surface area contributed by atoms with Crippen LogP contribution in [0.2, 0.25) is 0 Å². The highest BCUT2D eigenvalue weighted by Gasteiger charge is 2.03. The van der Waals surface area contributed by atoms with Crippen molar-refractivity contribution in [1.82, 2.24) is 0 Å².